The van der Waals surface area contributed by atoms with E-state index in [1.54, 1.807) is 41.5 Å². The molecule has 3 fully saturated rings. The Morgan fingerprint density at radius 2 is 1.64 bits per heavy atom. The van der Waals surface area contributed by atoms with Crippen LogP contribution in [0.3, 0.4) is 0 Å². The van der Waals surface area contributed by atoms with Gasteiger partial charge in [-0.1, -0.05) is 20.8 Å². The first kappa shape index (κ1) is 46.0. The summed E-state index contributed by atoms with van der Waals surface area (Å²) in [6, 6.07) is -1.53. The number of methoxy groups -OCH3 is 1. The number of rotatable bonds is 8. The van der Waals surface area contributed by atoms with Crippen molar-refractivity contribution in [1.29, 1.82) is 0 Å². The molecule has 3 saturated heterocycles. The third-order valence-electron chi connectivity index (χ3n) is 12.3. The van der Waals surface area contributed by atoms with Gasteiger partial charge in [0.15, 0.2) is 12.6 Å². The highest BCUT2D eigenvalue weighted by molar-refractivity contribution is 5.73. The van der Waals surface area contributed by atoms with Gasteiger partial charge in [-0.2, -0.15) is 0 Å². The van der Waals surface area contributed by atoms with Gasteiger partial charge in [0.2, 0.25) is 0 Å². The molecule has 15 nitrogen and oxygen atoms in total. The SMILES string of the molecule is CC[C@H]1OC(=O)[C@H](C)[C@@H](O[C@H]2C[C@@](C)(OC)[C@H](N=[N-])[C@H](C)O2)[C@H](C)[C@@H](O[C@@H]2O[C@H](C)C[C@H](N(C)C)[C@H]2O)[C@](C)(O)C[C@@H](C)CN(C)[C@H](C)[C@@H](O)[C@]1(C)O. The summed E-state index contributed by atoms with van der Waals surface area (Å²) in [6.45, 7) is 18.1. The number of carbonyl (C=O) groups excluding carboxylic acids is 1. The van der Waals surface area contributed by atoms with Gasteiger partial charge in [-0.15, -0.1) is 0 Å². The first-order chi connectivity index (χ1) is 24.4. The van der Waals surface area contributed by atoms with Crippen LogP contribution in [0, 0.1) is 17.8 Å². The van der Waals surface area contributed by atoms with Crippen molar-refractivity contribution in [3.05, 3.63) is 5.53 Å². The van der Waals surface area contributed by atoms with Crippen molar-refractivity contribution in [3.63, 3.8) is 0 Å². The van der Waals surface area contributed by atoms with Crippen LogP contribution in [0.2, 0.25) is 0 Å². The van der Waals surface area contributed by atoms with Gasteiger partial charge in [-0.3, -0.25) is 4.79 Å². The maximum Gasteiger partial charge on any atom is 0.311 e. The van der Waals surface area contributed by atoms with Gasteiger partial charge in [-0.05, 0) is 94.8 Å². The van der Waals surface area contributed by atoms with E-state index in [2.05, 4.69) is 5.11 Å². The molecule has 53 heavy (non-hydrogen) atoms. The average Bonchev–Trinajstić information content (AvgIpc) is 3.07. The molecule has 0 aromatic heterocycles. The molecule has 3 aliphatic heterocycles. The van der Waals surface area contributed by atoms with Gasteiger partial charge in [-0.25, -0.2) is 0 Å². The number of hydrogen-bond acceptors (Lipinski definition) is 14. The van der Waals surface area contributed by atoms with Crippen molar-refractivity contribution >= 4 is 5.97 Å². The minimum atomic E-state index is -1.81. The molecular weight excluding hydrogens is 688 g/mol. The standard InChI is InChI=1S/C38H71N4O11/c1-15-27-38(10,47)32(44)24(6)42(13)19-20(2)17-36(8,46)33(53-35-29(43)26(41(11)12)16-21(3)49-35)22(4)30(23(5)34(45)51-27)52-28-18-37(9,48-14)31(40-39)25(7)50-28/h20-33,35,43-44,46-47H,15-19H2,1-14H3/q-1/t20-,21-,22+,23-,24-,25+,26+,27-,28+,29-,30+,31-,32-,33-,35+,36-,37-,38-/m1/s1. The zero-order valence-corrected chi connectivity index (χ0v) is 34.6. The summed E-state index contributed by atoms with van der Waals surface area (Å²) in [5.74, 6) is -2.62. The van der Waals surface area contributed by atoms with Gasteiger partial charge < -0.3 is 69.3 Å². The lowest BCUT2D eigenvalue weighted by Gasteiger charge is -2.49. The second-order valence-corrected chi connectivity index (χ2v) is 17.3. The molecule has 0 spiro atoms. The number of hydrogen-bond donors (Lipinski definition) is 4. The fraction of sp³-hybridized carbons (Fsp3) is 0.974. The molecule has 0 aromatic carbocycles. The van der Waals surface area contributed by atoms with Gasteiger partial charge in [0, 0.05) is 38.1 Å². The zero-order valence-electron chi connectivity index (χ0n) is 34.6. The molecule has 0 amide bonds. The Morgan fingerprint density at radius 3 is 2.19 bits per heavy atom. The summed E-state index contributed by atoms with van der Waals surface area (Å²) < 4.78 is 37.8. The van der Waals surface area contributed by atoms with Gasteiger partial charge in [0.1, 0.15) is 23.9 Å². The topological polar surface area (TPSA) is 195 Å². The Morgan fingerprint density at radius 1 is 1.02 bits per heavy atom. The maximum atomic E-state index is 14.2. The second-order valence-electron chi connectivity index (χ2n) is 17.3. The molecule has 3 heterocycles. The average molecular weight is 760 g/mol. The molecule has 0 bridgehead atoms. The summed E-state index contributed by atoms with van der Waals surface area (Å²) in [4.78, 5) is 18.1. The largest absolute Gasteiger partial charge is 0.712 e. The first-order valence-corrected chi connectivity index (χ1v) is 19.3. The predicted molar refractivity (Wildman–Crippen MR) is 198 cm³/mol. The lowest BCUT2D eigenvalue weighted by Crippen LogP contribution is -2.60. The quantitative estimate of drug-likeness (QED) is 0.209. The molecular formula is C38H71N4O11-. The van der Waals surface area contributed by atoms with Crippen molar-refractivity contribution in [2.24, 2.45) is 22.9 Å². The Labute approximate surface area is 317 Å². The smallest absolute Gasteiger partial charge is 0.311 e. The highest BCUT2D eigenvalue weighted by Crippen LogP contribution is 2.40. The Bertz CT molecular complexity index is 1190. The van der Waals surface area contributed by atoms with E-state index in [0.29, 0.717) is 13.0 Å². The van der Waals surface area contributed by atoms with Crippen LogP contribution in [0.5, 0.6) is 0 Å². The molecule has 0 saturated carbocycles. The molecule has 310 valence electrons. The van der Waals surface area contributed by atoms with Crippen molar-refractivity contribution in [1.82, 2.24) is 9.80 Å². The number of nitrogens with zero attached hydrogens (tertiary/aromatic N) is 4. The number of cyclic esters (lactones) is 1. The predicted octanol–water partition coefficient (Wildman–Crippen LogP) is 2.93. The zero-order chi connectivity index (χ0) is 40.4. The van der Waals surface area contributed by atoms with Crippen LogP contribution in [0.15, 0.2) is 5.11 Å². The molecule has 0 unspecified atom stereocenters. The van der Waals surface area contributed by atoms with E-state index < -0.39 is 95.9 Å². The second kappa shape index (κ2) is 18.3. The van der Waals surface area contributed by atoms with E-state index in [-0.39, 0.29) is 37.3 Å². The normalized spacial score (nSPS) is 48.8. The van der Waals surface area contributed by atoms with E-state index in [9.17, 15) is 30.8 Å². The molecule has 18 atom stereocenters. The van der Waals surface area contributed by atoms with Crippen molar-refractivity contribution in [2.45, 2.75) is 185 Å². The van der Waals surface area contributed by atoms with Crippen LogP contribution in [0.1, 0.15) is 94.9 Å². The van der Waals surface area contributed by atoms with Crippen LogP contribution >= 0.6 is 0 Å². The Kier molecular flexibility index (Phi) is 15.9. The van der Waals surface area contributed by atoms with Crippen molar-refractivity contribution < 1.29 is 53.6 Å². The summed E-state index contributed by atoms with van der Waals surface area (Å²) in [5.41, 5.74) is 5.49. The van der Waals surface area contributed by atoms with Crippen LogP contribution in [0.4, 0.5) is 0 Å². The van der Waals surface area contributed by atoms with E-state index in [1.165, 1.54) is 14.0 Å². The monoisotopic (exact) mass is 760 g/mol. The molecule has 0 aliphatic carbocycles. The van der Waals surface area contributed by atoms with E-state index in [1.807, 2.05) is 51.7 Å². The first-order valence-electron chi connectivity index (χ1n) is 19.3. The van der Waals surface area contributed by atoms with Gasteiger partial charge in [0.05, 0.1) is 47.6 Å². The van der Waals surface area contributed by atoms with Crippen LogP contribution in [-0.2, 0) is 33.2 Å². The molecule has 0 aromatic rings. The number of ether oxygens (including phenoxy) is 6. The summed E-state index contributed by atoms with van der Waals surface area (Å²) in [6.07, 6.45) is -7.28. The van der Waals surface area contributed by atoms with E-state index in [4.69, 9.17) is 28.4 Å². The highest BCUT2D eigenvalue weighted by Gasteiger charge is 2.52. The van der Waals surface area contributed by atoms with Crippen LogP contribution in [-0.4, -0.2) is 161 Å². The summed E-state index contributed by atoms with van der Waals surface area (Å²) in [7, 11) is 7.12. The maximum absolute atomic E-state index is 14.2. The fourth-order valence-electron chi connectivity index (χ4n) is 8.95. The number of aliphatic hydroxyl groups excluding tert-OH is 2. The van der Waals surface area contributed by atoms with E-state index in [0.717, 1.165) is 0 Å². The van der Waals surface area contributed by atoms with Crippen molar-refractivity contribution in [2.75, 3.05) is 34.8 Å². The Balaban J connectivity index is 2.18. The summed E-state index contributed by atoms with van der Waals surface area (Å²) in [5, 5.41) is 50.8. The van der Waals surface area contributed by atoms with E-state index >= 15 is 0 Å². The lowest BCUT2D eigenvalue weighted by molar-refractivity contribution is -0.311. The van der Waals surface area contributed by atoms with Crippen LogP contribution in [0.25, 0.3) is 5.53 Å². The minimum absolute atomic E-state index is 0.141. The third kappa shape index (κ3) is 10.3. The molecule has 3 aliphatic rings. The number of carbonyl (C=O) groups is 1. The summed E-state index contributed by atoms with van der Waals surface area (Å²) >= 11 is 0. The molecule has 4 N–H and O–H groups in total. The molecule has 15 heteroatoms. The number of likely N-dealkylation sites (N-methyl/N-ethyl adjacent to an activating group) is 2. The number of aliphatic hydroxyl groups is 4. The van der Waals surface area contributed by atoms with Gasteiger partial charge >= 0.3 is 5.97 Å². The lowest BCUT2D eigenvalue weighted by atomic mass is 9.77. The minimum Gasteiger partial charge on any atom is -0.712 e. The van der Waals surface area contributed by atoms with Gasteiger partial charge in [0.25, 0.3) is 0 Å². The number of esters is 1. The third-order valence-corrected chi connectivity index (χ3v) is 12.3. The fourth-order valence-corrected chi connectivity index (χ4v) is 8.95. The Hall–Kier alpha value is -1.37. The molecule has 3 rings (SSSR count). The van der Waals surface area contributed by atoms with Crippen LogP contribution < -0.4 is 0 Å². The molecule has 0 radical (unpaired) electrons. The van der Waals surface area contributed by atoms with Crippen molar-refractivity contribution in [3.8, 4) is 0 Å². The highest BCUT2D eigenvalue weighted by atomic mass is 16.7.